The molecule has 0 saturated carbocycles. The molecule has 2 rings (SSSR count). The zero-order valence-corrected chi connectivity index (χ0v) is 13.7. The molecule has 1 N–H and O–H groups in total. The third-order valence-corrected chi connectivity index (χ3v) is 4.07. The van der Waals surface area contributed by atoms with Crippen LogP contribution in [-0.2, 0) is 13.6 Å². The zero-order chi connectivity index (χ0) is 15.6. The zero-order valence-electron chi connectivity index (χ0n) is 12.1. The summed E-state index contributed by atoms with van der Waals surface area (Å²) < 4.78 is 2.64. The molecule has 7 heteroatoms. The number of halogens is 1. The van der Waals surface area contributed by atoms with Crippen LogP contribution in [-0.4, -0.2) is 14.7 Å². The van der Waals surface area contributed by atoms with Gasteiger partial charge < -0.3 is 5.32 Å². The lowest BCUT2D eigenvalue weighted by molar-refractivity contribution is -0.385. The van der Waals surface area contributed by atoms with Crippen molar-refractivity contribution in [2.24, 2.45) is 7.05 Å². The predicted octanol–water partition coefficient (Wildman–Crippen LogP) is 3.25. The standard InChI is InChI=1S/C14H17BrN4O2/c1-9(13-8-17-18(3)10(13)2)16-7-11-6-12(15)4-5-14(11)19(20)21/h4-6,8-9,16H,7H2,1-3H3. The molecule has 1 aromatic heterocycles. The summed E-state index contributed by atoms with van der Waals surface area (Å²) >= 11 is 3.35. The van der Waals surface area contributed by atoms with Gasteiger partial charge in [0.05, 0.1) is 11.1 Å². The maximum Gasteiger partial charge on any atom is 0.273 e. The van der Waals surface area contributed by atoms with Gasteiger partial charge in [-0.2, -0.15) is 5.10 Å². The maximum absolute atomic E-state index is 11.1. The van der Waals surface area contributed by atoms with Gasteiger partial charge in [-0.05, 0) is 26.0 Å². The molecule has 0 aliphatic carbocycles. The molecule has 0 aliphatic rings. The summed E-state index contributed by atoms with van der Waals surface area (Å²) in [4.78, 5) is 10.7. The smallest absolute Gasteiger partial charge is 0.273 e. The van der Waals surface area contributed by atoms with Crippen molar-refractivity contribution in [2.75, 3.05) is 0 Å². The number of nitrogens with zero attached hydrogens (tertiary/aromatic N) is 3. The molecule has 0 radical (unpaired) electrons. The molecule has 21 heavy (non-hydrogen) atoms. The first-order valence-electron chi connectivity index (χ1n) is 6.55. The SMILES string of the molecule is Cc1c(C(C)NCc2cc(Br)ccc2[N+](=O)[O-])cnn1C. The molecule has 6 nitrogen and oxygen atoms in total. The van der Waals surface area contributed by atoms with E-state index in [2.05, 4.69) is 26.3 Å². The van der Waals surface area contributed by atoms with E-state index in [0.717, 1.165) is 15.7 Å². The summed E-state index contributed by atoms with van der Waals surface area (Å²) in [5.41, 5.74) is 2.96. The molecular formula is C14H17BrN4O2. The van der Waals surface area contributed by atoms with Gasteiger partial charge in [0.25, 0.3) is 5.69 Å². The largest absolute Gasteiger partial charge is 0.306 e. The second-order valence-electron chi connectivity index (χ2n) is 4.94. The van der Waals surface area contributed by atoms with Crippen molar-refractivity contribution in [1.29, 1.82) is 0 Å². The predicted molar refractivity (Wildman–Crippen MR) is 84.0 cm³/mol. The Balaban J connectivity index is 2.14. The molecule has 1 atom stereocenters. The summed E-state index contributed by atoms with van der Waals surface area (Å²) in [5.74, 6) is 0. The summed E-state index contributed by atoms with van der Waals surface area (Å²) in [6.45, 7) is 4.45. The third kappa shape index (κ3) is 3.48. The van der Waals surface area contributed by atoms with E-state index in [4.69, 9.17) is 0 Å². The molecule has 1 unspecified atom stereocenters. The highest BCUT2D eigenvalue weighted by atomic mass is 79.9. The van der Waals surface area contributed by atoms with Gasteiger partial charge in [0, 0.05) is 47.0 Å². The van der Waals surface area contributed by atoms with E-state index in [9.17, 15) is 10.1 Å². The highest BCUT2D eigenvalue weighted by Gasteiger charge is 2.16. The van der Waals surface area contributed by atoms with Gasteiger partial charge in [-0.1, -0.05) is 15.9 Å². The molecule has 2 aromatic rings. The van der Waals surface area contributed by atoms with E-state index in [1.807, 2.05) is 31.8 Å². The minimum atomic E-state index is -0.358. The minimum absolute atomic E-state index is 0.0669. The topological polar surface area (TPSA) is 73.0 Å². The monoisotopic (exact) mass is 352 g/mol. The number of rotatable bonds is 5. The summed E-state index contributed by atoms with van der Waals surface area (Å²) in [7, 11) is 1.89. The van der Waals surface area contributed by atoms with Crippen LogP contribution in [0.1, 0.15) is 29.8 Å². The molecule has 0 spiro atoms. The van der Waals surface area contributed by atoms with Crippen molar-refractivity contribution in [3.63, 3.8) is 0 Å². The van der Waals surface area contributed by atoms with Gasteiger partial charge in [-0.15, -0.1) is 0 Å². The number of hydrogen-bond donors (Lipinski definition) is 1. The van der Waals surface area contributed by atoms with Crippen molar-refractivity contribution in [3.8, 4) is 0 Å². The molecule has 112 valence electrons. The van der Waals surface area contributed by atoms with Gasteiger partial charge in [0.15, 0.2) is 0 Å². The first-order chi connectivity index (χ1) is 9.90. The number of aryl methyl sites for hydroxylation is 1. The van der Waals surface area contributed by atoms with E-state index < -0.39 is 0 Å². The Morgan fingerprint density at radius 3 is 2.81 bits per heavy atom. The Labute approximate surface area is 131 Å². The van der Waals surface area contributed by atoms with Crippen LogP contribution in [0.3, 0.4) is 0 Å². The van der Waals surface area contributed by atoms with Gasteiger partial charge in [-0.25, -0.2) is 0 Å². The second kappa shape index (κ2) is 6.36. The van der Waals surface area contributed by atoms with E-state index in [1.54, 1.807) is 12.1 Å². The first kappa shape index (κ1) is 15.7. The van der Waals surface area contributed by atoms with E-state index in [-0.39, 0.29) is 16.7 Å². The fourth-order valence-electron chi connectivity index (χ4n) is 2.19. The average Bonchev–Trinajstić information content (AvgIpc) is 2.76. The van der Waals surface area contributed by atoms with Crippen LogP contribution in [0.25, 0.3) is 0 Å². The number of nitro benzene ring substituents is 1. The van der Waals surface area contributed by atoms with Crippen molar-refractivity contribution in [3.05, 3.63) is 55.8 Å². The molecule has 0 aliphatic heterocycles. The molecule has 1 aromatic carbocycles. The Morgan fingerprint density at radius 2 is 2.24 bits per heavy atom. The first-order valence-corrected chi connectivity index (χ1v) is 7.34. The Bertz CT molecular complexity index is 669. The number of benzene rings is 1. The molecular weight excluding hydrogens is 336 g/mol. The maximum atomic E-state index is 11.1. The lowest BCUT2D eigenvalue weighted by Crippen LogP contribution is -2.19. The molecule has 0 saturated heterocycles. The average molecular weight is 353 g/mol. The van der Waals surface area contributed by atoms with Crippen LogP contribution in [0.15, 0.2) is 28.9 Å². The quantitative estimate of drug-likeness (QED) is 0.662. The summed E-state index contributed by atoms with van der Waals surface area (Å²) in [5, 5.41) is 18.6. The van der Waals surface area contributed by atoms with E-state index in [1.165, 1.54) is 6.07 Å². The molecule has 0 fully saturated rings. The van der Waals surface area contributed by atoms with Crippen LogP contribution in [0.4, 0.5) is 5.69 Å². The van der Waals surface area contributed by atoms with Gasteiger partial charge in [0.1, 0.15) is 0 Å². The van der Waals surface area contributed by atoms with Crippen molar-refractivity contribution < 1.29 is 4.92 Å². The van der Waals surface area contributed by atoms with Crippen molar-refractivity contribution >= 4 is 21.6 Å². The van der Waals surface area contributed by atoms with Gasteiger partial charge >= 0.3 is 0 Å². The Hall–Kier alpha value is -1.73. The van der Waals surface area contributed by atoms with Crippen LogP contribution in [0, 0.1) is 17.0 Å². The minimum Gasteiger partial charge on any atom is -0.306 e. The Kier molecular flexibility index (Phi) is 4.74. The van der Waals surface area contributed by atoms with Crippen LogP contribution < -0.4 is 5.32 Å². The number of hydrogen-bond acceptors (Lipinski definition) is 4. The van der Waals surface area contributed by atoms with Crippen LogP contribution >= 0.6 is 15.9 Å². The van der Waals surface area contributed by atoms with E-state index in [0.29, 0.717) is 12.1 Å². The molecule has 1 heterocycles. The normalized spacial score (nSPS) is 12.4. The summed E-state index contributed by atoms with van der Waals surface area (Å²) in [6, 6.07) is 5.03. The number of nitrogens with one attached hydrogen (secondary N) is 1. The fraction of sp³-hybridized carbons (Fsp3) is 0.357. The van der Waals surface area contributed by atoms with E-state index >= 15 is 0 Å². The lowest BCUT2D eigenvalue weighted by atomic mass is 10.1. The third-order valence-electron chi connectivity index (χ3n) is 3.58. The van der Waals surface area contributed by atoms with Crippen molar-refractivity contribution in [2.45, 2.75) is 26.4 Å². The molecule has 0 bridgehead atoms. The highest BCUT2D eigenvalue weighted by molar-refractivity contribution is 9.10. The lowest BCUT2D eigenvalue weighted by Gasteiger charge is -2.14. The second-order valence-corrected chi connectivity index (χ2v) is 5.86. The van der Waals surface area contributed by atoms with Crippen LogP contribution in [0.2, 0.25) is 0 Å². The van der Waals surface area contributed by atoms with Crippen LogP contribution in [0.5, 0.6) is 0 Å². The number of nitro groups is 1. The van der Waals surface area contributed by atoms with Gasteiger partial charge in [-0.3, -0.25) is 14.8 Å². The number of aromatic nitrogens is 2. The fourth-order valence-corrected chi connectivity index (χ4v) is 2.60. The highest BCUT2D eigenvalue weighted by Crippen LogP contribution is 2.24. The summed E-state index contributed by atoms with van der Waals surface area (Å²) in [6.07, 6.45) is 1.82. The Morgan fingerprint density at radius 1 is 1.52 bits per heavy atom. The van der Waals surface area contributed by atoms with Gasteiger partial charge in [0.2, 0.25) is 0 Å². The van der Waals surface area contributed by atoms with Crippen molar-refractivity contribution in [1.82, 2.24) is 15.1 Å². The molecule has 0 amide bonds.